The van der Waals surface area contributed by atoms with Crippen LogP contribution in [-0.4, -0.2) is 11.7 Å². The number of carbonyl (C=O) groups is 2. The number of carbonyl (C=O) groups excluding carboxylic acids is 2. The standard InChI is InChI=1S/C21H17ClN2O2/c1-14(25)15-6-8-16(9-7-15)23-17-10-12-18(13-11-17)24-21(26)19-4-2-3-5-20(19)22/h2-13,23H,1H3,(H,24,26). The SMILES string of the molecule is CC(=O)c1ccc(Nc2ccc(NC(=O)c3ccccc3Cl)cc2)cc1. The van der Waals surface area contributed by atoms with E-state index in [-0.39, 0.29) is 11.7 Å². The Balaban J connectivity index is 1.66. The van der Waals surface area contributed by atoms with Gasteiger partial charge in [-0.25, -0.2) is 0 Å². The number of anilines is 3. The van der Waals surface area contributed by atoms with Crippen molar-refractivity contribution in [2.24, 2.45) is 0 Å². The number of rotatable bonds is 5. The van der Waals surface area contributed by atoms with Crippen LogP contribution < -0.4 is 10.6 Å². The highest BCUT2D eigenvalue weighted by Gasteiger charge is 2.09. The van der Waals surface area contributed by atoms with E-state index in [9.17, 15) is 9.59 Å². The van der Waals surface area contributed by atoms with Crippen LogP contribution in [0.2, 0.25) is 5.02 Å². The summed E-state index contributed by atoms with van der Waals surface area (Å²) >= 11 is 6.04. The van der Waals surface area contributed by atoms with Crippen LogP contribution in [0.15, 0.2) is 72.8 Å². The minimum atomic E-state index is -0.254. The second-order valence-electron chi connectivity index (χ2n) is 5.77. The molecule has 1 amide bonds. The van der Waals surface area contributed by atoms with Crippen molar-refractivity contribution in [3.05, 3.63) is 88.9 Å². The zero-order valence-corrected chi connectivity index (χ0v) is 14.9. The van der Waals surface area contributed by atoms with Crippen molar-refractivity contribution in [3.8, 4) is 0 Å². The lowest BCUT2D eigenvalue weighted by atomic mass is 10.1. The smallest absolute Gasteiger partial charge is 0.257 e. The Morgan fingerprint density at radius 1 is 0.769 bits per heavy atom. The fourth-order valence-electron chi connectivity index (χ4n) is 2.44. The van der Waals surface area contributed by atoms with Crippen LogP contribution in [0.5, 0.6) is 0 Å². The molecule has 0 aliphatic rings. The Kier molecular flexibility index (Phi) is 5.34. The first-order chi connectivity index (χ1) is 12.5. The lowest BCUT2D eigenvalue weighted by molar-refractivity contribution is 0.101. The van der Waals surface area contributed by atoms with E-state index in [0.717, 1.165) is 11.4 Å². The molecule has 0 aromatic heterocycles. The molecule has 0 saturated carbocycles. The van der Waals surface area contributed by atoms with Crippen molar-refractivity contribution in [1.29, 1.82) is 0 Å². The fraction of sp³-hybridized carbons (Fsp3) is 0.0476. The number of Topliss-reactive ketones (excluding diaryl/α,β-unsaturated/α-hetero) is 1. The van der Waals surface area contributed by atoms with Crippen LogP contribution in [0, 0.1) is 0 Å². The van der Waals surface area contributed by atoms with E-state index in [1.165, 1.54) is 6.92 Å². The van der Waals surface area contributed by atoms with Gasteiger partial charge < -0.3 is 10.6 Å². The highest BCUT2D eigenvalue weighted by atomic mass is 35.5. The molecule has 0 spiro atoms. The average Bonchev–Trinajstić information content (AvgIpc) is 2.64. The first-order valence-electron chi connectivity index (χ1n) is 8.07. The number of hydrogen-bond donors (Lipinski definition) is 2. The normalized spacial score (nSPS) is 10.2. The molecule has 0 unspecified atom stereocenters. The number of benzene rings is 3. The zero-order chi connectivity index (χ0) is 18.5. The molecule has 0 aliphatic heterocycles. The van der Waals surface area contributed by atoms with Gasteiger partial charge in [0.25, 0.3) is 5.91 Å². The summed E-state index contributed by atoms with van der Waals surface area (Å²) in [6.45, 7) is 1.54. The van der Waals surface area contributed by atoms with Crippen LogP contribution in [0.25, 0.3) is 0 Å². The Hall–Kier alpha value is -3.11. The van der Waals surface area contributed by atoms with Crippen molar-refractivity contribution in [2.75, 3.05) is 10.6 Å². The van der Waals surface area contributed by atoms with Crippen LogP contribution in [0.3, 0.4) is 0 Å². The summed E-state index contributed by atoms with van der Waals surface area (Å²) in [5, 5.41) is 6.48. The molecule has 5 heteroatoms. The number of hydrogen-bond acceptors (Lipinski definition) is 3. The third kappa shape index (κ3) is 4.29. The molecule has 3 aromatic rings. The molecular weight excluding hydrogens is 348 g/mol. The van der Waals surface area contributed by atoms with Crippen molar-refractivity contribution in [3.63, 3.8) is 0 Å². The van der Waals surface area contributed by atoms with Gasteiger partial charge in [0.2, 0.25) is 0 Å². The largest absolute Gasteiger partial charge is 0.356 e. The van der Waals surface area contributed by atoms with Gasteiger partial charge in [-0.1, -0.05) is 23.7 Å². The fourth-order valence-corrected chi connectivity index (χ4v) is 2.66. The summed E-state index contributed by atoms with van der Waals surface area (Å²) < 4.78 is 0. The lowest BCUT2D eigenvalue weighted by Gasteiger charge is -2.10. The van der Waals surface area contributed by atoms with Gasteiger partial charge in [0, 0.05) is 22.6 Å². The number of ketones is 1. The predicted octanol–water partition coefficient (Wildman–Crippen LogP) is 5.54. The molecule has 0 radical (unpaired) electrons. The number of halogens is 1. The quantitative estimate of drug-likeness (QED) is 0.584. The lowest BCUT2D eigenvalue weighted by Crippen LogP contribution is -2.12. The molecule has 0 fully saturated rings. The second kappa shape index (κ2) is 7.85. The molecule has 2 N–H and O–H groups in total. The van der Waals surface area contributed by atoms with Crippen LogP contribution in [-0.2, 0) is 0 Å². The topological polar surface area (TPSA) is 58.2 Å². The Bertz CT molecular complexity index is 935. The van der Waals surface area contributed by atoms with Gasteiger partial charge >= 0.3 is 0 Å². The van der Waals surface area contributed by atoms with Gasteiger partial charge in [-0.05, 0) is 67.6 Å². The highest BCUT2D eigenvalue weighted by Crippen LogP contribution is 2.21. The molecule has 4 nitrogen and oxygen atoms in total. The second-order valence-corrected chi connectivity index (χ2v) is 6.18. The minimum Gasteiger partial charge on any atom is -0.356 e. The maximum Gasteiger partial charge on any atom is 0.257 e. The molecule has 0 aliphatic carbocycles. The van der Waals surface area contributed by atoms with Crippen LogP contribution in [0.4, 0.5) is 17.1 Å². The molecular formula is C21H17ClN2O2. The molecule has 0 bridgehead atoms. The van der Waals surface area contributed by atoms with E-state index < -0.39 is 0 Å². The van der Waals surface area contributed by atoms with Gasteiger partial charge in [-0.15, -0.1) is 0 Å². The first kappa shape index (κ1) is 17.7. The van der Waals surface area contributed by atoms with Crippen molar-refractivity contribution >= 4 is 40.4 Å². The van der Waals surface area contributed by atoms with Crippen molar-refractivity contribution in [2.45, 2.75) is 6.92 Å². The average molecular weight is 365 g/mol. The van der Waals surface area contributed by atoms with E-state index >= 15 is 0 Å². The van der Waals surface area contributed by atoms with Gasteiger partial charge in [0.15, 0.2) is 5.78 Å². The van der Waals surface area contributed by atoms with Gasteiger partial charge in [0.05, 0.1) is 10.6 Å². The van der Waals surface area contributed by atoms with E-state index in [1.54, 1.807) is 48.5 Å². The van der Waals surface area contributed by atoms with Crippen LogP contribution in [0.1, 0.15) is 27.6 Å². The summed E-state index contributed by atoms with van der Waals surface area (Å²) in [4.78, 5) is 23.6. The van der Waals surface area contributed by atoms with Crippen molar-refractivity contribution in [1.82, 2.24) is 0 Å². The first-order valence-corrected chi connectivity index (χ1v) is 8.45. The molecule has 3 aromatic carbocycles. The molecule has 0 atom stereocenters. The zero-order valence-electron chi connectivity index (χ0n) is 14.1. The van der Waals surface area contributed by atoms with E-state index in [2.05, 4.69) is 10.6 Å². The third-order valence-corrected chi connectivity index (χ3v) is 4.17. The minimum absolute atomic E-state index is 0.0372. The van der Waals surface area contributed by atoms with E-state index in [1.807, 2.05) is 24.3 Å². The highest BCUT2D eigenvalue weighted by molar-refractivity contribution is 6.34. The monoisotopic (exact) mass is 364 g/mol. The number of nitrogens with one attached hydrogen (secondary N) is 2. The molecule has 0 saturated heterocycles. The Morgan fingerprint density at radius 3 is 1.88 bits per heavy atom. The third-order valence-electron chi connectivity index (χ3n) is 3.84. The Morgan fingerprint density at radius 2 is 1.31 bits per heavy atom. The van der Waals surface area contributed by atoms with E-state index in [4.69, 9.17) is 11.6 Å². The number of amides is 1. The maximum absolute atomic E-state index is 12.3. The maximum atomic E-state index is 12.3. The summed E-state index contributed by atoms with van der Waals surface area (Å²) in [7, 11) is 0. The summed E-state index contributed by atoms with van der Waals surface area (Å²) in [5.41, 5.74) is 3.53. The molecule has 3 rings (SSSR count). The molecule has 130 valence electrons. The van der Waals surface area contributed by atoms with Gasteiger partial charge in [-0.3, -0.25) is 9.59 Å². The Labute approximate surface area is 156 Å². The van der Waals surface area contributed by atoms with Gasteiger partial charge in [-0.2, -0.15) is 0 Å². The van der Waals surface area contributed by atoms with Crippen molar-refractivity contribution < 1.29 is 9.59 Å². The summed E-state index contributed by atoms with van der Waals surface area (Å²) in [5.74, 6) is -0.216. The molecule has 0 heterocycles. The predicted molar refractivity (Wildman–Crippen MR) is 106 cm³/mol. The van der Waals surface area contributed by atoms with Crippen LogP contribution >= 0.6 is 11.6 Å². The molecule has 26 heavy (non-hydrogen) atoms. The van der Waals surface area contributed by atoms with Gasteiger partial charge in [0.1, 0.15) is 0 Å². The van der Waals surface area contributed by atoms with E-state index in [0.29, 0.717) is 21.8 Å². The summed E-state index contributed by atoms with van der Waals surface area (Å²) in [6.07, 6.45) is 0. The summed E-state index contributed by atoms with van der Waals surface area (Å²) in [6, 6.07) is 21.5.